The monoisotopic (exact) mass is 276 g/mol. The van der Waals surface area contributed by atoms with Crippen LogP contribution in [0.5, 0.6) is 0 Å². The van der Waals surface area contributed by atoms with Crippen molar-refractivity contribution in [2.45, 2.75) is 26.8 Å². The van der Waals surface area contributed by atoms with Crippen molar-refractivity contribution in [1.82, 2.24) is 9.97 Å². The van der Waals surface area contributed by atoms with E-state index in [1.165, 1.54) is 0 Å². The predicted octanol–water partition coefficient (Wildman–Crippen LogP) is 3.56. The van der Waals surface area contributed by atoms with Crippen LogP contribution in [0.2, 0.25) is 0 Å². The first-order valence-electron chi connectivity index (χ1n) is 6.61. The van der Waals surface area contributed by atoms with Crippen LogP contribution >= 0.6 is 11.3 Å². The zero-order valence-corrected chi connectivity index (χ0v) is 12.4. The molecule has 0 aliphatic carbocycles. The Balaban J connectivity index is 2.02. The van der Waals surface area contributed by atoms with Crippen molar-refractivity contribution in [3.8, 4) is 0 Å². The zero-order valence-electron chi connectivity index (χ0n) is 11.6. The summed E-state index contributed by atoms with van der Waals surface area (Å²) in [7, 11) is 0. The Morgan fingerprint density at radius 2 is 2.05 bits per heavy atom. The Labute approximate surface area is 118 Å². The number of rotatable bonds is 6. The molecule has 0 fully saturated rings. The lowest BCUT2D eigenvalue weighted by Gasteiger charge is -2.20. The minimum absolute atomic E-state index is 0.209. The molecule has 2 heterocycles. The minimum atomic E-state index is 0.209. The van der Waals surface area contributed by atoms with Crippen LogP contribution in [0.15, 0.2) is 29.9 Å². The van der Waals surface area contributed by atoms with Crippen LogP contribution in [0.4, 0.5) is 11.5 Å². The number of nitrogens with zero attached hydrogens (tertiary/aromatic N) is 3. The first-order valence-corrected chi connectivity index (χ1v) is 7.49. The van der Waals surface area contributed by atoms with Crippen LogP contribution < -0.4 is 10.2 Å². The normalized spacial score (nSPS) is 12.2. The number of nitrogens with one attached hydrogen (secondary N) is 1. The molecular formula is C14H20N4S. The maximum absolute atomic E-state index is 4.50. The molecule has 102 valence electrons. The molecule has 0 bridgehead atoms. The van der Waals surface area contributed by atoms with E-state index in [4.69, 9.17) is 0 Å². The third-order valence-electron chi connectivity index (χ3n) is 3.04. The molecule has 19 heavy (non-hydrogen) atoms. The summed E-state index contributed by atoms with van der Waals surface area (Å²) in [6.07, 6.45) is 3.72. The Bertz CT molecular complexity index is 477. The van der Waals surface area contributed by atoms with Gasteiger partial charge in [-0.2, -0.15) is 0 Å². The van der Waals surface area contributed by atoms with E-state index in [-0.39, 0.29) is 6.04 Å². The molecule has 2 aromatic heterocycles. The third kappa shape index (κ3) is 3.44. The molecule has 0 aliphatic rings. The number of thiazole rings is 1. The van der Waals surface area contributed by atoms with E-state index in [1.807, 2.05) is 17.8 Å². The van der Waals surface area contributed by atoms with Gasteiger partial charge in [-0.25, -0.2) is 9.97 Å². The molecular weight excluding hydrogens is 256 g/mol. The number of aromatic nitrogens is 2. The van der Waals surface area contributed by atoms with E-state index in [2.05, 4.69) is 53.1 Å². The van der Waals surface area contributed by atoms with Crippen molar-refractivity contribution >= 4 is 22.8 Å². The summed E-state index contributed by atoms with van der Waals surface area (Å²) in [5.74, 6) is 1.03. The van der Waals surface area contributed by atoms with Crippen LogP contribution in [0.25, 0.3) is 0 Å². The molecule has 2 rings (SSSR count). The lowest BCUT2D eigenvalue weighted by atomic mass is 10.3. The fourth-order valence-electron chi connectivity index (χ4n) is 1.97. The van der Waals surface area contributed by atoms with Gasteiger partial charge in [0.25, 0.3) is 0 Å². The second-order valence-corrected chi connectivity index (χ2v) is 5.24. The Kier molecular flexibility index (Phi) is 4.74. The Hall–Kier alpha value is -1.62. The highest BCUT2D eigenvalue weighted by molar-refractivity contribution is 7.09. The average Bonchev–Trinajstić information content (AvgIpc) is 2.96. The predicted molar refractivity (Wildman–Crippen MR) is 81.9 cm³/mol. The molecule has 0 aliphatic heterocycles. The summed E-state index contributed by atoms with van der Waals surface area (Å²) < 4.78 is 0. The second-order valence-electron chi connectivity index (χ2n) is 4.31. The van der Waals surface area contributed by atoms with E-state index >= 15 is 0 Å². The fraction of sp³-hybridized carbons (Fsp3) is 0.429. The van der Waals surface area contributed by atoms with Crippen LogP contribution in [0, 0.1) is 0 Å². The van der Waals surface area contributed by atoms with Crippen molar-refractivity contribution in [3.05, 3.63) is 34.9 Å². The highest BCUT2D eigenvalue weighted by Gasteiger charge is 2.08. The maximum atomic E-state index is 4.50. The lowest BCUT2D eigenvalue weighted by molar-refractivity contribution is 0.842. The molecule has 0 saturated carbocycles. The zero-order chi connectivity index (χ0) is 13.7. The average molecular weight is 276 g/mol. The fourth-order valence-corrected chi connectivity index (χ4v) is 2.61. The van der Waals surface area contributed by atoms with Gasteiger partial charge >= 0.3 is 0 Å². The maximum Gasteiger partial charge on any atom is 0.128 e. The van der Waals surface area contributed by atoms with E-state index in [1.54, 1.807) is 11.3 Å². The number of hydrogen-bond donors (Lipinski definition) is 1. The first-order chi connectivity index (χ1) is 9.24. The standard InChI is InChI=1S/C14H20N4S/c1-4-18(5-2)13-7-6-12(10-16-13)17-11(3)14-15-8-9-19-14/h6-11,17H,4-5H2,1-3H3. The van der Waals surface area contributed by atoms with Gasteiger partial charge in [0.1, 0.15) is 10.8 Å². The molecule has 1 atom stereocenters. The van der Waals surface area contributed by atoms with Crippen molar-refractivity contribution in [3.63, 3.8) is 0 Å². The van der Waals surface area contributed by atoms with Gasteiger partial charge < -0.3 is 10.2 Å². The summed E-state index contributed by atoms with van der Waals surface area (Å²) in [5.41, 5.74) is 1.03. The Morgan fingerprint density at radius 1 is 1.26 bits per heavy atom. The van der Waals surface area contributed by atoms with Crippen LogP contribution in [0.1, 0.15) is 31.8 Å². The van der Waals surface area contributed by atoms with Crippen LogP contribution in [-0.4, -0.2) is 23.1 Å². The van der Waals surface area contributed by atoms with Gasteiger partial charge in [0.05, 0.1) is 17.9 Å². The summed E-state index contributed by atoms with van der Waals surface area (Å²) in [4.78, 5) is 11.0. The number of anilines is 2. The third-order valence-corrected chi connectivity index (χ3v) is 4.00. The molecule has 1 N–H and O–H groups in total. The second kappa shape index (κ2) is 6.52. The van der Waals surface area contributed by atoms with Crippen molar-refractivity contribution in [1.29, 1.82) is 0 Å². The molecule has 0 saturated heterocycles. The lowest BCUT2D eigenvalue weighted by Crippen LogP contribution is -2.22. The quantitative estimate of drug-likeness (QED) is 0.876. The van der Waals surface area contributed by atoms with Crippen molar-refractivity contribution in [2.24, 2.45) is 0 Å². The van der Waals surface area contributed by atoms with Gasteiger partial charge in [-0.1, -0.05) is 0 Å². The van der Waals surface area contributed by atoms with Crippen molar-refractivity contribution in [2.75, 3.05) is 23.3 Å². The molecule has 0 spiro atoms. The van der Waals surface area contributed by atoms with Crippen molar-refractivity contribution < 1.29 is 0 Å². The number of pyridine rings is 1. The Morgan fingerprint density at radius 3 is 2.58 bits per heavy atom. The topological polar surface area (TPSA) is 41.0 Å². The van der Waals surface area contributed by atoms with Gasteiger partial charge in [-0.3, -0.25) is 0 Å². The highest BCUT2D eigenvalue weighted by atomic mass is 32.1. The summed E-state index contributed by atoms with van der Waals surface area (Å²) >= 11 is 1.66. The van der Waals surface area contributed by atoms with E-state index in [9.17, 15) is 0 Å². The van der Waals surface area contributed by atoms with Gasteiger partial charge in [0.2, 0.25) is 0 Å². The van der Waals surface area contributed by atoms with Crippen LogP contribution in [0.3, 0.4) is 0 Å². The van der Waals surface area contributed by atoms with Gasteiger partial charge in [-0.05, 0) is 32.9 Å². The molecule has 1 unspecified atom stereocenters. The van der Waals surface area contributed by atoms with E-state index in [0.29, 0.717) is 0 Å². The molecule has 0 amide bonds. The van der Waals surface area contributed by atoms with Gasteiger partial charge in [0.15, 0.2) is 0 Å². The number of hydrogen-bond acceptors (Lipinski definition) is 5. The van der Waals surface area contributed by atoms with E-state index in [0.717, 1.165) is 29.6 Å². The first kappa shape index (κ1) is 13.8. The smallest absolute Gasteiger partial charge is 0.128 e. The SMILES string of the molecule is CCN(CC)c1ccc(NC(C)c2nccs2)cn1. The van der Waals surface area contributed by atoms with Gasteiger partial charge in [0, 0.05) is 24.7 Å². The van der Waals surface area contributed by atoms with E-state index < -0.39 is 0 Å². The largest absolute Gasteiger partial charge is 0.375 e. The molecule has 0 radical (unpaired) electrons. The summed E-state index contributed by atoms with van der Waals surface area (Å²) in [5, 5.41) is 6.50. The van der Waals surface area contributed by atoms with Crippen LogP contribution in [-0.2, 0) is 0 Å². The molecule has 0 aromatic carbocycles. The minimum Gasteiger partial charge on any atom is -0.375 e. The van der Waals surface area contributed by atoms with Gasteiger partial charge in [-0.15, -0.1) is 11.3 Å². The summed E-state index contributed by atoms with van der Waals surface area (Å²) in [6.45, 7) is 8.35. The summed E-state index contributed by atoms with van der Waals surface area (Å²) in [6, 6.07) is 4.34. The molecule has 2 aromatic rings. The molecule has 5 heteroatoms. The molecule has 4 nitrogen and oxygen atoms in total. The highest BCUT2D eigenvalue weighted by Crippen LogP contribution is 2.21.